The average Bonchev–Trinajstić information content (AvgIpc) is 3.32. The maximum absolute atomic E-state index is 12.7. The van der Waals surface area contributed by atoms with E-state index in [9.17, 15) is 29.8 Å². The number of carbonyl (C=O) groups excluding carboxylic acids is 2. The summed E-state index contributed by atoms with van der Waals surface area (Å²) in [5.41, 5.74) is 1.26. The van der Waals surface area contributed by atoms with Gasteiger partial charge in [-0.05, 0) is 42.5 Å². The molecule has 2 N–H and O–H groups in total. The number of nitrogens with zero attached hydrogens (tertiary/aromatic N) is 4. The summed E-state index contributed by atoms with van der Waals surface area (Å²) < 4.78 is 0. The summed E-state index contributed by atoms with van der Waals surface area (Å²) in [6.45, 7) is 0. The number of hydrogen-bond acceptors (Lipinski definition) is 9. The Balaban J connectivity index is 1.42. The Morgan fingerprint density at radius 1 is 0.743 bits per heavy atom. The quantitative estimate of drug-likeness (QED) is 0.281. The van der Waals surface area contributed by atoms with Gasteiger partial charge in [0, 0.05) is 46.6 Å². The van der Waals surface area contributed by atoms with Crippen molar-refractivity contribution in [1.82, 2.24) is 10.2 Å². The van der Waals surface area contributed by atoms with E-state index in [1.54, 1.807) is 30.3 Å². The first-order valence-electron chi connectivity index (χ1n) is 9.86. The van der Waals surface area contributed by atoms with Crippen LogP contribution < -0.4 is 10.6 Å². The van der Waals surface area contributed by atoms with Crippen LogP contribution in [-0.2, 0) is 0 Å². The van der Waals surface area contributed by atoms with Gasteiger partial charge < -0.3 is 5.32 Å². The fourth-order valence-electron chi connectivity index (χ4n) is 2.96. The topological polar surface area (TPSA) is 170 Å². The van der Waals surface area contributed by atoms with Crippen LogP contribution >= 0.6 is 11.3 Å². The Labute approximate surface area is 200 Å². The molecule has 4 aromatic rings. The van der Waals surface area contributed by atoms with Crippen molar-refractivity contribution >= 4 is 45.3 Å². The van der Waals surface area contributed by atoms with Crippen molar-refractivity contribution in [2.24, 2.45) is 0 Å². The molecule has 0 aliphatic rings. The van der Waals surface area contributed by atoms with E-state index in [1.165, 1.54) is 42.5 Å². The summed E-state index contributed by atoms with van der Waals surface area (Å²) >= 11 is 1.10. The minimum absolute atomic E-state index is 0.0488. The third-order valence-electron chi connectivity index (χ3n) is 4.69. The molecule has 1 aromatic heterocycles. The van der Waals surface area contributed by atoms with Crippen molar-refractivity contribution in [1.29, 1.82) is 0 Å². The van der Waals surface area contributed by atoms with Gasteiger partial charge in [0.25, 0.3) is 23.2 Å². The minimum Gasteiger partial charge on any atom is -0.322 e. The molecule has 0 spiro atoms. The van der Waals surface area contributed by atoms with Crippen molar-refractivity contribution in [2.75, 3.05) is 10.6 Å². The number of nitro groups is 2. The lowest BCUT2D eigenvalue weighted by Crippen LogP contribution is -2.14. The number of anilines is 2. The first-order chi connectivity index (χ1) is 16.8. The number of rotatable bonds is 7. The van der Waals surface area contributed by atoms with Crippen molar-refractivity contribution in [3.63, 3.8) is 0 Å². The summed E-state index contributed by atoms with van der Waals surface area (Å²) in [5.74, 6) is -0.975. The summed E-state index contributed by atoms with van der Waals surface area (Å²) in [4.78, 5) is 45.6. The number of carbonyl (C=O) groups is 2. The fourth-order valence-corrected chi connectivity index (χ4v) is 3.71. The number of nitro benzene ring substituents is 2. The summed E-state index contributed by atoms with van der Waals surface area (Å²) in [6, 6.07) is 17.1. The Morgan fingerprint density at radius 3 is 1.97 bits per heavy atom. The van der Waals surface area contributed by atoms with Crippen LogP contribution in [0.5, 0.6) is 0 Å². The third kappa shape index (κ3) is 5.48. The molecular formula is C22H14N6O6S. The molecule has 4 rings (SSSR count). The van der Waals surface area contributed by atoms with Crippen LogP contribution in [0.15, 0.2) is 72.8 Å². The molecule has 2 amide bonds. The molecule has 3 aromatic carbocycles. The molecule has 12 nitrogen and oxygen atoms in total. The standard InChI is InChI=1S/C22H14N6O6S/c29-19(13-4-8-17(9-5-13)27(31)32)23-16-3-1-2-15(12-16)20(30)24-22-26-25-21(35-22)14-6-10-18(11-7-14)28(33)34/h1-12H,(H,23,29)(H,24,26,30). The highest BCUT2D eigenvalue weighted by Crippen LogP contribution is 2.28. The zero-order valence-electron chi connectivity index (χ0n) is 17.6. The molecule has 0 bridgehead atoms. The Hall–Kier alpha value is -5.04. The molecule has 0 saturated carbocycles. The summed E-state index contributed by atoms with van der Waals surface area (Å²) in [6.07, 6.45) is 0. The number of aromatic nitrogens is 2. The number of amides is 2. The van der Waals surface area contributed by atoms with Gasteiger partial charge in [-0.25, -0.2) is 0 Å². The number of nitrogens with one attached hydrogen (secondary N) is 2. The van der Waals surface area contributed by atoms with Gasteiger partial charge in [0.1, 0.15) is 5.01 Å². The molecule has 13 heteroatoms. The van der Waals surface area contributed by atoms with E-state index in [0.29, 0.717) is 16.3 Å². The van der Waals surface area contributed by atoms with E-state index in [-0.39, 0.29) is 27.6 Å². The Morgan fingerprint density at radius 2 is 1.34 bits per heavy atom. The smallest absolute Gasteiger partial charge is 0.269 e. The predicted molar refractivity (Wildman–Crippen MR) is 127 cm³/mol. The van der Waals surface area contributed by atoms with Gasteiger partial charge in [0.05, 0.1) is 9.85 Å². The molecule has 35 heavy (non-hydrogen) atoms. The highest BCUT2D eigenvalue weighted by atomic mass is 32.1. The average molecular weight is 490 g/mol. The van der Waals surface area contributed by atoms with Gasteiger partial charge in [-0.2, -0.15) is 0 Å². The van der Waals surface area contributed by atoms with Crippen molar-refractivity contribution < 1.29 is 19.4 Å². The second-order valence-corrected chi connectivity index (χ2v) is 7.99. The lowest BCUT2D eigenvalue weighted by molar-refractivity contribution is -0.385. The zero-order valence-corrected chi connectivity index (χ0v) is 18.4. The molecule has 1 heterocycles. The molecule has 0 fully saturated rings. The molecule has 0 unspecified atom stereocenters. The molecule has 0 atom stereocenters. The van der Waals surface area contributed by atoms with Crippen molar-refractivity contribution in [3.05, 3.63) is 104 Å². The van der Waals surface area contributed by atoms with E-state index >= 15 is 0 Å². The van der Waals surface area contributed by atoms with Crippen LogP contribution in [-0.4, -0.2) is 31.9 Å². The SMILES string of the molecule is O=C(Nc1cccc(C(=O)Nc2nnc(-c3ccc([N+](=O)[O-])cc3)s2)c1)c1ccc([N+](=O)[O-])cc1. The van der Waals surface area contributed by atoms with Crippen LogP contribution in [0, 0.1) is 20.2 Å². The van der Waals surface area contributed by atoms with Gasteiger partial charge in [0.2, 0.25) is 5.13 Å². The van der Waals surface area contributed by atoms with Gasteiger partial charge in [-0.1, -0.05) is 17.4 Å². The largest absolute Gasteiger partial charge is 0.322 e. The maximum atomic E-state index is 12.7. The van der Waals surface area contributed by atoms with E-state index in [4.69, 9.17) is 0 Å². The van der Waals surface area contributed by atoms with Crippen LogP contribution in [0.2, 0.25) is 0 Å². The fraction of sp³-hybridized carbons (Fsp3) is 0. The minimum atomic E-state index is -0.559. The monoisotopic (exact) mass is 490 g/mol. The summed E-state index contributed by atoms with van der Waals surface area (Å²) in [5, 5.41) is 35.4. The van der Waals surface area contributed by atoms with Crippen molar-refractivity contribution in [3.8, 4) is 10.6 Å². The highest BCUT2D eigenvalue weighted by Gasteiger charge is 2.14. The van der Waals surface area contributed by atoms with E-state index < -0.39 is 21.7 Å². The molecule has 0 aliphatic carbocycles. The van der Waals surface area contributed by atoms with Crippen LogP contribution in [0.25, 0.3) is 10.6 Å². The van der Waals surface area contributed by atoms with Crippen molar-refractivity contribution in [2.45, 2.75) is 0 Å². The Bertz CT molecular complexity index is 1440. The normalized spacial score (nSPS) is 10.4. The van der Waals surface area contributed by atoms with Crippen LogP contribution in [0.3, 0.4) is 0 Å². The second kappa shape index (κ2) is 9.84. The zero-order chi connectivity index (χ0) is 24.9. The van der Waals surface area contributed by atoms with E-state index in [0.717, 1.165) is 11.3 Å². The first kappa shape index (κ1) is 23.1. The number of hydrogen-bond donors (Lipinski definition) is 2. The van der Waals surface area contributed by atoms with Gasteiger partial charge >= 0.3 is 0 Å². The van der Waals surface area contributed by atoms with Gasteiger partial charge in [-0.15, -0.1) is 10.2 Å². The first-order valence-corrected chi connectivity index (χ1v) is 10.7. The molecule has 0 aliphatic heterocycles. The lowest BCUT2D eigenvalue weighted by atomic mass is 10.1. The van der Waals surface area contributed by atoms with E-state index in [2.05, 4.69) is 20.8 Å². The molecule has 0 saturated heterocycles. The maximum Gasteiger partial charge on any atom is 0.269 e. The number of benzene rings is 3. The number of non-ortho nitro benzene ring substituents is 2. The van der Waals surface area contributed by atoms with Gasteiger partial charge in [-0.3, -0.25) is 35.1 Å². The third-order valence-corrected chi connectivity index (χ3v) is 5.58. The Kier molecular flexibility index (Phi) is 6.50. The lowest BCUT2D eigenvalue weighted by Gasteiger charge is -2.07. The molecule has 174 valence electrons. The highest BCUT2D eigenvalue weighted by molar-refractivity contribution is 7.18. The predicted octanol–water partition coefficient (Wildman–Crippen LogP) is 4.53. The second-order valence-electron chi connectivity index (χ2n) is 7.01. The summed E-state index contributed by atoms with van der Waals surface area (Å²) in [7, 11) is 0. The van der Waals surface area contributed by atoms with Crippen LogP contribution in [0.4, 0.5) is 22.2 Å². The molecular weight excluding hydrogens is 476 g/mol. The van der Waals surface area contributed by atoms with Gasteiger partial charge in [0.15, 0.2) is 0 Å². The molecule has 0 radical (unpaired) electrons. The van der Waals surface area contributed by atoms with E-state index in [1.807, 2.05) is 0 Å². The van der Waals surface area contributed by atoms with Crippen LogP contribution in [0.1, 0.15) is 20.7 Å².